The summed E-state index contributed by atoms with van der Waals surface area (Å²) in [6.45, 7) is 9.98. The minimum absolute atomic E-state index is 0.0190. The molecule has 4 amide bonds. The van der Waals surface area contributed by atoms with Crippen molar-refractivity contribution in [3.63, 3.8) is 0 Å². The van der Waals surface area contributed by atoms with Gasteiger partial charge in [0.15, 0.2) is 0 Å². The molecule has 41 heavy (non-hydrogen) atoms. The predicted molar refractivity (Wildman–Crippen MR) is 154 cm³/mol. The molecule has 0 unspecified atom stereocenters. The second-order valence-electron chi connectivity index (χ2n) is 12.7. The second kappa shape index (κ2) is 18.7. The number of hydrogen-bond donors (Lipinski definition) is 5. The third-order valence-corrected chi connectivity index (χ3v) is 7.10. The number of carboxylic acids is 1. The van der Waals surface area contributed by atoms with Crippen molar-refractivity contribution in [3.05, 3.63) is 0 Å². The highest BCUT2D eigenvalue weighted by Crippen LogP contribution is 2.38. The molecule has 0 aromatic heterocycles. The predicted octanol–water partition coefficient (Wildman–Crippen LogP) is 1.75. The van der Waals surface area contributed by atoms with Crippen molar-refractivity contribution in [2.24, 2.45) is 28.4 Å². The molecule has 1 rings (SSSR count). The van der Waals surface area contributed by atoms with E-state index in [9.17, 15) is 24.0 Å². The fourth-order valence-corrected chi connectivity index (χ4v) is 5.56. The molecule has 0 aliphatic heterocycles. The third-order valence-electron chi connectivity index (χ3n) is 7.10. The molecule has 0 spiro atoms. The molecule has 1 saturated carbocycles. The maximum Gasteiger partial charge on any atom is 0.303 e. The minimum atomic E-state index is -0.829. The summed E-state index contributed by atoms with van der Waals surface area (Å²) in [5, 5.41) is 17.8. The van der Waals surface area contributed by atoms with Gasteiger partial charge < -0.3 is 36.3 Å². The van der Waals surface area contributed by atoms with Crippen LogP contribution in [0, 0.1) is 22.7 Å². The Bertz CT molecular complexity index is 854. The summed E-state index contributed by atoms with van der Waals surface area (Å²) >= 11 is 0. The molecule has 0 radical (unpaired) electrons. The molecule has 0 saturated heterocycles. The van der Waals surface area contributed by atoms with E-state index in [4.69, 9.17) is 20.3 Å². The zero-order valence-corrected chi connectivity index (χ0v) is 25.4. The highest BCUT2D eigenvalue weighted by atomic mass is 16.5. The molecule has 0 bridgehead atoms. The normalized spacial score (nSPS) is 17.5. The molecular weight excluding hydrogens is 532 g/mol. The van der Waals surface area contributed by atoms with Crippen molar-refractivity contribution in [2.45, 2.75) is 85.5 Å². The highest BCUT2D eigenvalue weighted by molar-refractivity contribution is 5.79. The minimum Gasteiger partial charge on any atom is -0.481 e. The van der Waals surface area contributed by atoms with Crippen LogP contribution in [0.5, 0.6) is 0 Å². The molecule has 0 atom stereocenters. The number of carbonyl (C=O) groups excluding carboxylic acids is 4. The number of primary amides is 1. The molecule has 236 valence electrons. The Balaban J connectivity index is 2.13. The molecule has 1 fully saturated rings. The summed E-state index contributed by atoms with van der Waals surface area (Å²) in [4.78, 5) is 58.7. The third kappa shape index (κ3) is 18.3. The van der Waals surface area contributed by atoms with Crippen molar-refractivity contribution < 1.29 is 38.6 Å². The zero-order chi connectivity index (χ0) is 30.9. The van der Waals surface area contributed by atoms with Gasteiger partial charge in [-0.1, -0.05) is 27.7 Å². The maximum absolute atomic E-state index is 12.6. The van der Waals surface area contributed by atoms with E-state index in [0.717, 1.165) is 25.7 Å². The van der Waals surface area contributed by atoms with E-state index in [2.05, 4.69) is 16.0 Å². The van der Waals surface area contributed by atoms with Gasteiger partial charge in [0.2, 0.25) is 23.6 Å². The Morgan fingerprint density at radius 3 is 2.07 bits per heavy atom. The van der Waals surface area contributed by atoms with Gasteiger partial charge in [0.1, 0.15) is 6.61 Å². The number of rotatable bonds is 21. The number of ether oxygens (including phenoxy) is 2. The van der Waals surface area contributed by atoms with E-state index in [1.165, 1.54) is 0 Å². The first-order valence-electron chi connectivity index (χ1n) is 14.7. The van der Waals surface area contributed by atoms with Crippen LogP contribution in [-0.4, -0.2) is 80.8 Å². The Morgan fingerprint density at radius 1 is 0.805 bits per heavy atom. The van der Waals surface area contributed by atoms with E-state index in [1.54, 1.807) is 0 Å². The summed E-state index contributed by atoms with van der Waals surface area (Å²) < 4.78 is 10.2. The van der Waals surface area contributed by atoms with Crippen molar-refractivity contribution in [3.8, 4) is 0 Å². The zero-order valence-electron chi connectivity index (χ0n) is 25.4. The Labute approximate surface area is 244 Å². The van der Waals surface area contributed by atoms with E-state index in [-0.39, 0.29) is 54.1 Å². The molecule has 12 nitrogen and oxygen atoms in total. The summed E-state index contributed by atoms with van der Waals surface area (Å²) in [7, 11) is 0. The number of nitrogens with two attached hydrogens (primary N) is 1. The van der Waals surface area contributed by atoms with Crippen molar-refractivity contribution in [1.29, 1.82) is 0 Å². The molecule has 0 aromatic carbocycles. The molecule has 6 N–H and O–H groups in total. The SMILES string of the molecule is CC(C)(CC(=O)O)CC(C)(C)CC(=O)NCC1CCC(C(=O)NCCCC(=O)NCCOCCOCC(N)=O)CC1. The average molecular weight is 585 g/mol. The van der Waals surface area contributed by atoms with E-state index < -0.39 is 11.9 Å². The van der Waals surface area contributed by atoms with Crippen LogP contribution in [0.2, 0.25) is 0 Å². The highest BCUT2D eigenvalue weighted by Gasteiger charge is 2.33. The van der Waals surface area contributed by atoms with Gasteiger partial charge in [-0.15, -0.1) is 0 Å². The molecule has 0 heterocycles. The first-order chi connectivity index (χ1) is 19.2. The summed E-state index contributed by atoms with van der Waals surface area (Å²) in [5.41, 5.74) is 4.26. The van der Waals surface area contributed by atoms with E-state index in [0.29, 0.717) is 64.4 Å². The lowest BCUT2D eigenvalue weighted by Crippen LogP contribution is -2.38. The van der Waals surface area contributed by atoms with Crippen molar-refractivity contribution >= 4 is 29.6 Å². The fourth-order valence-electron chi connectivity index (χ4n) is 5.56. The smallest absolute Gasteiger partial charge is 0.303 e. The van der Waals surface area contributed by atoms with E-state index in [1.807, 2.05) is 27.7 Å². The number of amides is 4. The van der Waals surface area contributed by atoms with Crippen molar-refractivity contribution in [2.75, 3.05) is 46.1 Å². The van der Waals surface area contributed by atoms with Gasteiger partial charge in [-0.05, 0) is 55.3 Å². The van der Waals surface area contributed by atoms with Crippen LogP contribution in [-0.2, 0) is 33.4 Å². The van der Waals surface area contributed by atoms with Gasteiger partial charge in [-0.3, -0.25) is 24.0 Å². The molecule has 0 aromatic rings. The largest absolute Gasteiger partial charge is 0.481 e. The lowest BCUT2D eigenvalue weighted by molar-refractivity contribution is -0.139. The van der Waals surface area contributed by atoms with Crippen LogP contribution in [0.4, 0.5) is 0 Å². The fraction of sp³-hybridized carbons (Fsp3) is 0.828. The van der Waals surface area contributed by atoms with Gasteiger partial charge in [0, 0.05) is 38.4 Å². The summed E-state index contributed by atoms with van der Waals surface area (Å²) in [6, 6.07) is 0. The van der Waals surface area contributed by atoms with Gasteiger partial charge in [-0.2, -0.15) is 0 Å². The van der Waals surface area contributed by atoms with Gasteiger partial charge in [0.25, 0.3) is 0 Å². The Morgan fingerprint density at radius 2 is 1.44 bits per heavy atom. The van der Waals surface area contributed by atoms with Gasteiger partial charge >= 0.3 is 5.97 Å². The maximum atomic E-state index is 12.6. The van der Waals surface area contributed by atoms with Crippen molar-refractivity contribution in [1.82, 2.24) is 16.0 Å². The number of carboxylic acid groups (broad SMARTS) is 1. The van der Waals surface area contributed by atoms with Crippen LogP contribution in [0.25, 0.3) is 0 Å². The number of hydrogen-bond acceptors (Lipinski definition) is 7. The first kappa shape index (κ1) is 36.3. The van der Waals surface area contributed by atoms with Crippen LogP contribution < -0.4 is 21.7 Å². The average Bonchev–Trinajstić information content (AvgIpc) is 2.85. The molecular formula is C29H52N4O8. The van der Waals surface area contributed by atoms with Crippen LogP contribution >= 0.6 is 0 Å². The molecule has 1 aliphatic carbocycles. The summed E-state index contributed by atoms with van der Waals surface area (Å²) in [5.74, 6) is -1.19. The lowest BCUT2D eigenvalue weighted by atomic mass is 9.71. The Hall–Kier alpha value is -2.73. The molecule has 1 aliphatic rings. The lowest BCUT2D eigenvalue weighted by Gasteiger charge is -2.34. The van der Waals surface area contributed by atoms with Crippen LogP contribution in [0.1, 0.15) is 85.5 Å². The topological polar surface area (TPSA) is 186 Å². The van der Waals surface area contributed by atoms with Gasteiger partial charge in [-0.25, -0.2) is 0 Å². The van der Waals surface area contributed by atoms with Crippen LogP contribution in [0.15, 0.2) is 0 Å². The second-order valence-corrected chi connectivity index (χ2v) is 12.7. The number of carbonyl (C=O) groups is 5. The van der Waals surface area contributed by atoms with Gasteiger partial charge in [0.05, 0.1) is 26.2 Å². The van der Waals surface area contributed by atoms with Crippen LogP contribution in [0.3, 0.4) is 0 Å². The number of aliphatic carboxylic acids is 1. The van der Waals surface area contributed by atoms with E-state index >= 15 is 0 Å². The first-order valence-corrected chi connectivity index (χ1v) is 14.7. The Kier molecular flexibility index (Phi) is 16.5. The standard InChI is InChI=1S/C29H52N4O8/c1-28(2,20-29(3,4)17-26(37)38)16-25(36)33-18-21-7-9-22(10-8-21)27(39)32-11-5-6-24(35)31-12-13-40-14-15-41-19-23(30)34/h21-22H,5-20H2,1-4H3,(H2,30,34)(H,31,35)(H,32,39)(H,33,36)(H,37,38). The number of nitrogens with one attached hydrogen (secondary N) is 3. The quantitative estimate of drug-likeness (QED) is 0.126. The summed E-state index contributed by atoms with van der Waals surface area (Å²) in [6.07, 6.45) is 5.19. The molecule has 12 heteroatoms. The monoisotopic (exact) mass is 584 g/mol.